The van der Waals surface area contributed by atoms with Crippen LogP contribution in [-0.4, -0.2) is 6.10 Å². The number of halogens is 2. The normalized spacial score (nSPS) is 10.7. The summed E-state index contributed by atoms with van der Waals surface area (Å²) in [6.07, 6.45) is 2.15. The first-order valence-electron chi connectivity index (χ1n) is 5.22. The Morgan fingerprint density at radius 3 is 2.53 bits per heavy atom. The second kappa shape index (κ2) is 6.11. The highest BCUT2D eigenvalue weighted by atomic mass is 79.9. The van der Waals surface area contributed by atoms with Crippen LogP contribution >= 0.6 is 15.9 Å². The predicted molar refractivity (Wildman–Crippen MR) is 64.0 cm³/mol. The lowest BCUT2D eigenvalue weighted by atomic mass is 10.2. The van der Waals surface area contributed by atoms with E-state index in [1.165, 1.54) is 12.1 Å². The molecule has 0 aromatic heterocycles. The lowest BCUT2D eigenvalue weighted by molar-refractivity contribution is 0.191. The Hall–Kier alpha value is -0.570. The summed E-state index contributed by atoms with van der Waals surface area (Å²) in [5.41, 5.74) is 0.863. The zero-order chi connectivity index (χ0) is 11.3. The van der Waals surface area contributed by atoms with Crippen LogP contribution in [0.2, 0.25) is 0 Å². The number of hydrogen-bond donors (Lipinski definition) is 0. The molecule has 1 nitrogen and oxygen atoms in total. The van der Waals surface area contributed by atoms with Gasteiger partial charge in [-0.25, -0.2) is 4.39 Å². The van der Waals surface area contributed by atoms with Crippen molar-refractivity contribution in [2.75, 3.05) is 0 Å². The molecule has 0 amide bonds. The molecule has 0 aliphatic carbocycles. The minimum absolute atomic E-state index is 0.216. The van der Waals surface area contributed by atoms with Crippen molar-refractivity contribution in [3.05, 3.63) is 29.6 Å². The van der Waals surface area contributed by atoms with Crippen molar-refractivity contribution in [3.63, 3.8) is 0 Å². The fourth-order valence-electron chi connectivity index (χ4n) is 1.40. The number of benzene rings is 1. The Kier molecular flexibility index (Phi) is 5.09. The molecule has 0 spiro atoms. The maximum absolute atomic E-state index is 13.0. The van der Waals surface area contributed by atoms with Crippen molar-refractivity contribution in [2.24, 2.45) is 0 Å². The van der Waals surface area contributed by atoms with Gasteiger partial charge >= 0.3 is 0 Å². The van der Waals surface area contributed by atoms with Gasteiger partial charge in [-0.3, -0.25) is 0 Å². The van der Waals surface area contributed by atoms with Gasteiger partial charge in [-0.05, 0) is 31.0 Å². The molecule has 0 heterocycles. The molecule has 0 aliphatic rings. The number of hydrogen-bond acceptors (Lipinski definition) is 1. The van der Waals surface area contributed by atoms with Gasteiger partial charge in [0.1, 0.15) is 11.6 Å². The third kappa shape index (κ3) is 3.49. The van der Waals surface area contributed by atoms with Gasteiger partial charge in [-0.15, -0.1) is 0 Å². The highest BCUT2D eigenvalue weighted by Gasteiger charge is 2.09. The van der Waals surface area contributed by atoms with Gasteiger partial charge < -0.3 is 4.74 Å². The molecule has 0 saturated carbocycles. The van der Waals surface area contributed by atoms with Crippen molar-refractivity contribution < 1.29 is 9.13 Å². The van der Waals surface area contributed by atoms with E-state index in [0.29, 0.717) is 5.33 Å². The van der Waals surface area contributed by atoms with Crippen LogP contribution in [0.5, 0.6) is 5.75 Å². The molecule has 0 unspecified atom stereocenters. The Bertz CT molecular complexity index is 310. The van der Waals surface area contributed by atoms with Crippen molar-refractivity contribution in [1.29, 1.82) is 0 Å². The second-order valence-electron chi connectivity index (χ2n) is 3.44. The summed E-state index contributed by atoms with van der Waals surface area (Å²) in [6.45, 7) is 4.18. The average molecular weight is 275 g/mol. The molecule has 0 aliphatic heterocycles. The van der Waals surface area contributed by atoms with Crippen molar-refractivity contribution >= 4 is 15.9 Å². The smallest absolute Gasteiger partial charge is 0.123 e. The average Bonchev–Trinajstić information content (AvgIpc) is 2.27. The highest BCUT2D eigenvalue weighted by molar-refractivity contribution is 9.08. The molecule has 3 heteroatoms. The summed E-state index contributed by atoms with van der Waals surface area (Å²) in [7, 11) is 0. The second-order valence-corrected chi connectivity index (χ2v) is 4.00. The summed E-state index contributed by atoms with van der Waals surface area (Å²) < 4.78 is 18.8. The number of rotatable bonds is 5. The fraction of sp³-hybridized carbons (Fsp3) is 0.500. The first-order chi connectivity index (χ1) is 7.21. The number of alkyl halides is 1. The third-order valence-corrected chi connectivity index (χ3v) is 2.97. The molecule has 0 saturated heterocycles. The molecule has 1 rings (SSSR count). The van der Waals surface area contributed by atoms with Gasteiger partial charge in [0.05, 0.1) is 6.10 Å². The highest BCUT2D eigenvalue weighted by Crippen LogP contribution is 2.24. The van der Waals surface area contributed by atoms with Crippen LogP contribution in [0.4, 0.5) is 4.39 Å². The molecule has 0 bridgehead atoms. The standard InChI is InChI=1S/C12H16BrFO/c1-3-11(4-2)15-12-6-5-10(14)7-9(12)8-13/h5-7,11H,3-4,8H2,1-2H3. The third-order valence-electron chi connectivity index (χ3n) is 2.37. The molecule has 0 atom stereocenters. The van der Waals surface area contributed by atoms with Crippen LogP contribution in [0.15, 0.2) is 18.2 Å². The molecule has 1 aromatic rings. The molecular weight excluding hydrogens is 259 g/mol. The zero-order valence-electron chi connectivity index (χ0n) is 9.09. The minimum atomic E-state index is -0.221. The lowest BCUT2D eigenvalue weighted by Gasteiger charge is -2.17. The summed E-state index contributed by atoms with van der Waals surface area (Å²) in [4.78, 5) is 0. The Morgan fingerprint density at radius 1 is 1.33 bits per heavy atom. The van der Waals surface area contributed by atoms with E-state index in [0.717, 1.165) is 24.2 Å². The Balaban J connectivity index is 2.83. The summed E-state index contributed by atoms with van der Waals surface area (Å²) in [5, 5.41) is 0.611. The molecule has 0 N–H and O–H groups in total. The molecule has 0 radical (unpaired) electrons. The fourth-order valence-corrected chi connectivity index (χ4v) is 1.84. The maximum atomic E-state index is 13.0. The summed E-state index contributed by atoms with van der Waals surface area (Å²) >= 11 is 3.33. The monoisotopic (exact) mass is 274 g/mol. The molecule has 0 fully saturated rings. The topological polar surface area (TPSA) is 9.23 Å². The van der Waals surface area contributed by atoms with Gasteiger partial charge in [0.25, 0.3) is 0 Å². The predicted octanol–water partition coefficient (Wildman–Crippen LogP) is 4.29. The first-order valence-corrected chi connectivity index (χ1v) is 6.34. The van der Waals surface area contributed by atoms with E-state index in [-0.39, 0.29) is 11.9 Å². The van der Waals surface area contributed by atoms with E-state index in [9.17, 15) is 4.39 Å². The van der Waals surface area contributed by atoms with Crippen molar-refractivity contribution in [2.45, 2.75) is 38.1 Å². The quantitative estimate of drug-likeness (QED) is 0.728. The van der Waals surface area contributed by atoms with Crippen LogP contribution in [0, 0.1) is 5.82 Å². The Morgan fingerprint density at radius 2 is 2.00 bits per heavy atom. The Labute approximate surface area is 98.8 Å². The maximum Gasteiger partial charge on any atom is 0.123 e. The summed E-state index contributed by atoms with van der Waals surface area (Å²) in [5.74, 6) is 0.559. The lowest BCUT2D eigenvalue weighted by Crippen LogP contribution is -2.14. The van der Waals surface area contributed by atoms with E-state index in [1.807, 2.05) is 0 Å². The van der Waals surface area contributed by atoms with Crippen LogP contribution in [0.25, 0.3) is 0 Å². The van der Waals surface area contributed by atoms with E-state index >= 15 is 0 Å². The van der Waals surface area contributed by atoms with Crippen molar-refractivity contribution in [3.8, 4) is 5.75 Å². The SMILES string of the molecule is CCC(CC)Oc1ccc(F)cc1CBr. The molecule has 15 heavy (non-hydrogen) atoms. The first kappa shape index (κ1) is 12.5. The van der Waals surface area contributed by atoms with Gasteiger partial charge in [0.2, 0.25) is 0 Å². The van der Waals surface area contributed by atoms with Crippen LogP contribution in [0.1, 0.15) is 32.3 Å². The number of ether oxygens (including phenoxy) is 1. The van der Waals surface area contributed by atoms with Crippen LogP contribution in [-0.2, 0) is 5.33 Å². The largest absolute Gasteiger partial charge is 0.490 e. The van der Waals surface area contributed by atoms with Crippen LogP contribution < -0.4 is 4.74 Å². The zero-order valence-corrected chi connectivity index (χ0v) is 10.7. The van der Waals surface area contributed by atoms with Crippen LogP contribution in [0.3, 0.4) is 0 Å². The molecular formula is C12H16BrFO. The van der Waals surface area contributed by atoms with Gasteiger partial charge in [0, 0.05) is 10.9 Å². The van der Waals surface area contributed by atoms with Gasteiger partial charge in [-0.2, -0.15) is 0 Å². The molecule has 1 aromatic carbocycles. The van der Waals surface area contributed by atoms with Crippen molar-refractivity contribution in [1.82, 2.24) is 0 Å². The van der Waals surface area contributed by atoms with Gasteiger partial charge in [-0.1, -0.05) is 29.8 Å². The van der Waals surface area contributed by atoms with E-state index in [1.54, 1.807) is 6.07 Å². The summed E-state index contributed by atoms with van der Waals surface area (Å²) in [6, 6.07) is 4.64. The van der Waals surface area contributed by atoms with E-state index < -0.39 is 0 Å². The van der Waals surface area contributed by atoms with E-state index in [2.05, 4.69) is 29.8 Å². The van der Waals surface area contributed by atoms with Gasteiger partial charge in [0.15, 0.2) is 0 Å². The molecule has 84 valence electrons. The van der Waals surface area contributed by atoms with E-state index in [4.69, 9.17) is 4.74 Å². The minimum Gasteiger partial charge on any atom is -0.490 e.